The Morgan fingerprint density at radius 3 is 2.67 bits per heavy atom. The SMILES string of the molecule is Nc1ccc(Cl)cc1S(=O)(=O)CCCF. The summed E-state index contributed by atoms with van der Waals surface area (Å²) in [4.78, 5) is -0.0246. The van der Waals surface area contributed by atoms with E-state index in [1.54, 1.807) is 0 Å². The molecule has 0 radical (unpaired) electrons. The van der Waals surface area contributed by atoms with Crippen LogP contribution < -0.4 is 5.73 Å². The van der Waals surface area contributed by atoms with Crippen LogP contribution in [0.2, 0.25) is 5.02 Å². The Morgan fingerprint density at radius 1 is 1.40 bits per heavy atom. The number of nitrogen functional groups attached to an aromatic ring is 1. The summed E-state index contributed by atoms with van der Waals surface area (Å²) < 4.78 is 35.2. The van der Waals surface area contributed by atoms with Gasteiger partial charge in [-0.2, -0.15) is 0 Å². The standard InChI is InChI=1S/C9H11ClFNO2S/c10-7-2-3-8(12)9(6-7)15(13,14)5-1-4-11/h2-3,6H,1,4-5,12H2. The van der Waals surface area contributed by atoms with E-state index >= 15 is 0 Å². The molecular weight excluding hydrogens is 241 g/mol. The Morgan fingerprint density at radius 2 is 2.07 bits per heavy atom. The van der Waals surface area contributed by atoms with Gasteiger partial charge in [-0.05, 0) is 24.6 Å². The largest absolute Gasteiger partial charge is 0.398 e. The highest BCUT2D eigenvalue weighted by molar-refractivity contribution is 7.91. The van der Waals surface area contributed by atoms with Gasteiger partial charge in [-0.1, -0.05) is 11.6 Å². The minimum Gasteiger partial charge on any atom is -0.398 e. The second-order valence-electron chi connectivity index (χ2n) is 3.04. The summed E-state index contributed by atoms with van der Waals surface area (Å²) in [5.41, 5.74) is 5.65. The van der Waals surface area contributed by atoms with Crippen molar-refractivity contribution in [2.45, 2.75) is 11.3 Å². The topological polar surface area (TPSA) is 60.2 Å². The maximum absolute atomic E-state index is 11.9. The summed E-state index contributed by atoms with van der Waals surface area (Å²) in [5.74, 6) is -0.256. The van der Waals surface area contributed by atoms with Crippen LogP contribution in [-0.4, -0.2) is 20.8 Å². The van der Waals surface area contributed by atoms with Crippen LogP contribution in [0.5, 0.6) is 0 Å². The van der Waals surface area contributed by atoms with Gasteiger partial charge in [-0.15, -0.1) is 0 Å². The maximum atomic E-state index is 11.9. The van der Waals surface area contributed by atoms with Gasteiger partial charge in [0.2, 0.25) is 0 Å². The molecule has 15 heavy (non-hydrogen) atoms. The second kappa shape index (κ2) is 4.81. The average molecular weight is 252 g/mol. The van der Waals surface area contributed by atoms with Crippen LogP contribution >= 0.6 is 11.6 Å². The number of hydrogen-bond donors (Lipinski definition) is 1. The molecule has 0 spiro atoms. The summed E-state index contributed by atoms with van der Waals surface area (Å²) in [7, 11) is -3.53. The zero-order valence-electron chi connectivity index (χ0n) is 7.91. The lowest BCUT2D eigenvalue weighted by Gasteiger charge is -2.06. The van der Waals surface area contributed by atoms with E-state index in [2.05, 4.69) is 0 Å². The highest BCUT2D eigenvalue weighted by atomic mass is 35.5. The molecule has 0 saturated heterocycles. The molecule has 0 atom stereocenters. The van der Waals surface area contributed by atoms with E-state index in [1.807, 2.05) is 0 Å². The molecule has 2 N–H and O–H groups in total. The first kappa shape index (κ1) is 12.3. The van der Waals surface area contributed by atoms with E-state index in [0.717, 1.165) is 0 Å². The van der Waals surface area contributed by atoms with Crippen molar-refractivity contribution >= 4 is 27.1 Å². The van der Waals surface area contributed by atoms with Crippen molar-refractivity contribution in [3.8, 4) is 0 Å². The summed E-state index contributed by atoms with van der Waals surface area (Å²) >= 11 is 5.66. The number of halogens is 2. The zero-order chi connectivity index (χ0) is 11.5. The average Bonchev–Trinajstić information content (AvgIpc) is 2.18. The third-order valence-corrected chi connectivity index (χ3v) is 3.94. The molecule has 0 heterocycles. The normalized spacial score (nSPS) is 11.6. The molecule has 0 saturated carbocycles. The number of hydrogen-bond acceptors (Lipinski definition) is 3. The Balaban J connectivity index is 3.09. The van der Waals surface area contributed by atoms with Crippen LogP contribution in [0.15, 0.2) is 23.1 Å². The predicted octanol–water partition coefficient (Wildman–Crippen LogP) is 2.06. The number of rotatable bonds is 4. The van der Waals surface area contributed by atoms with Gasteiger partial charge in [-0.3, -0.25) is 4.39 Å². The lowest BCUT2D eigenvalue weighted by Crippen LogP contribution is -2.10. The molecule has 0 bridgehead atoms. The highest BCUT2D eigenvalue weighted by Gasteiger charge is 2.17. The zero-order valence-corrected chi connectivity index (χ0v) is 9.48. The summed E-state index contributed by atoms with van der Waals surface area (Å²) in [6.45, 7) is -0.667. The van der Waals surface area contributed by atoms with E-state index in [4.69, 9.17) is 17.3 Å². The maximum Gasteiger partial charge on any atom is 0.180 e. The first-order valence-corrected chi connectivity index (χ1v) is 6.34. The molecule has 0 aliphatic rings. The molecule has 1 aromatic carbocycles. The highest BCUT2D eigenvalue weighted by Crippen LogP contribution is 2.24. The van der Waals surface area contributed by atoms with Crippen LogP contribution in [0.4, 0.5) is 10.1 Å². The molecule has 6 heteroatoms. The minimum absolute atomic E-state index is 0.0246. The van der Waals surface area contributed by atoms with Gasteiger partial charge in [0.05, 0.1) is 23.0 Å². The third kappa shape index (κ3) is 3.07. The van der Waals surface area contributed by atoms with Crippen LogP contribution in [0.3, 0.4) is 0 Å². The molecule has 0 amide bonds. The van der Waals surface area contributed by atoms with Gasteiger partial charge in [0, 0.05) is 5.02 Å². The van der Waals surface area contributed by atoms with Crippen LogP contribution in [0.1, 0.15) is 6.42 Å². The molecule has 3 nitrogen and oxygen atoms in total. The second-order valence-corrected chi connectivity index (χ2v) is 5.56. The summed E-state index contributed by atoms with van der Waals surface area (Å²) in [5, 5.41) is 0.294. The van der Waals surface area contributed by atoms with Gasteiger partial charge in [0.25, 0.3) is 0 Å². The van der Waals surface area contributed by atoms with E-state index in [9.17, 15) is 12.8 Å². The van der Waals surface area contributed by atoms with E-state index in [0.29, 0.717) is 5.02 Å². The smallest absolute Gasteiger partial charge is 0.180 e. The number of anilines is 1. The van der Waals surface area contributed by atoms with Crippen LogP contribution in [-0.2, 0) is 9.84 Å². The molecule has 1 rings (SSSR count). The van der Waals surface area contributed by atoms with Crippen molar-refractivity contribution < 1.29 is 12.8 Å². The molecule has 0 aromatic heterocycles. The molecule has 84 valence electrons. The van der Waals surface area contributed by atoms with Gasteiger partial charge < -0.3 is 5.73 Å². The van der Waals surface area contributed by atoms with Crippen LogP contribution in [0, 0.1) is 0 Å². The Labute approximate surface area is 93.0 Å². The fourth-order valence-corrected chi connectivity index (χ4v) is 2.81. The number of alkyl halides is 1. The van der Waals surface area contributed by atoms with Crippen molar-refractivity contribution in [2.24, 2.45) is 0 Å². The van der Waals surface area contributed by atoms with Crippen molar-refractivity contribution in [1.29, 1.82) is 0 Å². The quantitative estimate of drug-likeness (QED) is 0.834. The van der Waals surface area contributed by atoms with Gasteiger partial charge in [0.15, 0.2) is 9.84 Å². The monoisotopic (exact) mass is 251 g/mol. The lowest BCUT2D eigenvalue weighted by atomic mass is 10.3. The summed E-state index contributed by atoms with van der Waals surface area (Å²) in [6.07, 6.45) is -0.0334. The third-order valence-electron chi connectivity index (χ3n) is 1.86. The van der Waals surface area contributed by atoms with Crippen molar-refractivity contribution in [3.63, 3.8) is 0 Å². The van der Waals surface area contributed by atoms with E-state index in [1.165, 1.54) is 18.2 Å². The Hall–Kier alpha value is -0.810. The molecule has 0 aliphatic heterocycles. The van der Waals surface area contributed by atoms with Crippen molar-refractivity contribution in [3.05, 3.63) is 23.2 Å². The molecule has 1 aromatic rings. The van der Waals surface area contributed by atoms with E-state index in [-0.39, 0.29) is 22.8 Å². The fraction of sp³-hybridized carbons (Fsp3) is 0.333. The summed E-state index contributed by atoms with van der Waals surface area (Å²) in [6, 6.07) is 4.21. The van der Waals surface area contributed by atoms with Crippen LogP contribution in [0.25, 0.3) is 0 Å². The fourth-order valence-electron chi connectivity index (χ4n) is 1.13. The first-order chi connectivity index (χ1) is 6.97. The first-order valence-electron chi connectivity index (χ1n) is 4.31. The predicted molar refractivity (Wildman–Crippen MR) is 58.5 cm³/mol. The van der Waals surface area contributed by atoms with Crippen molar-refractivity contribution in [1.82, 2.24) is 0 Å². The van der Waals surface area contributed by atoms with Gasteiger partial charge in [-0.25, -0.2) is 8.42 Å². The number of benzene rings is 1. The molecule has 0 aliphatic carbocycles. The van der Waals surface area contributed by atoms with E-state index < -0.39 is 16.5 Å². The van der Waals surface area contributed by atoms with Gasteiger partial charge >= 0.3 is 0 Å². The lowest BCUT2D eigenvalue weighted by molar-refractivity contribution is 0.484. The molecule has 0 unspecified atom stereocenters. The number of nitrogens with two attached hydrogens (primary N) is 1. The molecule has 0 fully saturated rings. The Bertz CT molecular complexity index is 447. The van der Waals surface area contributed by atoms with Crippen molar-refractivity contribution in [2.75, 3.05) is 18.2 Å². The molecular formula is C9H11ClFNO2S. The van der Waals surface area contributed by atoms with Gasteiger partial charge in [0.1, 0.15) is 0 Å². The number of sulfone groups is 1. The minimum atomic E-state index is -3.53. The Kier molecular flexibility index (Phi) is 3.93.